The van der Waals surface area contributed by atoms with E-state index >= 15 is 0 Å². The van der Waals surface area contributed by atoms with Gasteiger partial charge in [-0.05, 0) is 0 Å². The fraction of sp³-hybridized carbons (Fsp3) is 0.833. The number of hydrogen-bond acceptors (Lipinski definition) is 4. The molecule has 1 fully saturated rings. The van der Waals surface area contributed by atoms with E-state index in [1.807, 2.05) is 0 Å². The van der Waals surface area contributed by atoms with Gasteiger partial charge in [0.25, 0.3) is 0 Å². The Balaban J connectivity index is 2.48. The monoisotopic (exact) mass is 224 g/mol. The topological polar surface area (TPSA) is 110 Å². The average Bonchev–Trinajstić information content (AvgIpc) is 2.01. The van der Waals surface area contributed by atoms with Crippen LogP contribution in [0.4, 0.5) is 0 Å². The molecule has 1 rings (SSSR count). The first-order valence-corrected chi connectivity index (χ1v) is 5.91. The van der Waals surface area contributed by atoms with E-state index < -0.39 is 19.6 Å². The standard InChI is InChI=1S/C6H13N2O5P/c9-6(10)5-3-8(2-1-7-5)4-14(11,12)13/h5,7H,1-4H2,(H,9,10)(H2,11,12,13)/t5-/m1/s1. The molecule has 1 heterocycles. The molecule has 82 valence electrons. The molecule has 4 N–H and O–H groups in total. The summed E-state index contributed by atoms with van der Waals surface area (Å²) in [5, 5.41) is 11.4. The van der Waals surface area contributed by atoms with Crippen molar-refractivity contribution in [3.63, 3.8) is 0 Å². The van der Waals surface area contributed by atoms with Crippen molar-refractivity contribution in [1.82, 2.24) is 10.2 Å². The van der Waals surface area contributed by atoms with Crippen LogP contribution in [-0.2, 0) is 9.36 Å². The van der Waals surface area contributed by atoms with Gasteiger partial charge < -0.3 is 20.2 Å². The van der Waals surface area contributed by atoms with Crippen molar-refractivity contribution in [1.29, 1.82) is 0 Å². The number of aliphatic carboxylic acids is 1. The van der Waals surface area contributed by atoms with E-state index in [4.69, 9.17) is 14.9 Å². The number of carboxylic acids is 1. The van der Waals surface area contributed by atoms with E-state index in [-0.39, 0.29) is 12.8 Å². The molecule has 8 heteroatoms. The molecule has 1 atom stereocenters. The summed E-state index contributed by atoms with van der Waals surface area (Å²) >= 11 is 0. The number of nitrogens with zero attached hydrogens (tertiary/aromatic N) is 1. The third kappa shape index (κ3) is 3.73. The Hall–Kier alpha value is -0.460. The Morgan fingerprint density at radius 3 is 2.71 bits per heavy atom. The molecule has 0 radical (unpaired) electrons. The molecule has 0 amide bonds. The molecule has 7 nitrogen and oxygen atoms in total. The number of rotatable bonds is 3. The first kappa shape index (κ1) is 11.6. The second kappa shape index (κ2) is 4.37. The van der Waals surface area contributed by atoms with Gasteiger partial charge in [0.1, 0.15) is 12.3 Å². The summed E-state index contributed by atoms with van der Waals surface area (Å²) in [5.74, 6) is -1.000. The predicted octanol–water partition coefficient (Wildman–Crippen LogP) is -1.52. The third-order valence-electron chi connectivity index (χ3n) is 1.94. The van der Waals surface area contributed by atoms with Crippen molar-refractivity contribution in [3.05, 3.63) is 0 Å². The van der Waals surface area contributed by atoms with E-state index in [0.29, 0.717) is 13.1 Å². The highest BCUT2D eigenvalue weighted by molar-refractivity contribution is 7.51. The average molecular weight is 224 g/mol. The molecule has 0 spiro atoms. The minimum absolute atomic E-state index is 0.125. The van der Waals surface area contributed by atoms with Gasteiger partial charge in [0, 0.05) is 19.6 Å². The van der Waals surface area contributed by atoms with Gasteiger partial charge in [-0.3, -0.25) is 14.3 Å². The molecule has 14 heavy (non-hydrogen) atoms. The minimum Gasteiger partial charge on any atom is -0.480 e. The highest BCUT2D eigenvalue weighted by Gasteiger charge is 2.28. The zero-order valence-corrected chi connectivity index (χ0v) is 8.35. The minimum atomic E-state index is -4.09. The second-order valence-corrected chi connectivity index (χ2v) is 4.84. The van der Waals surface area contributed by atoms with Crippen molar-refractivity contribution >= 4 is 13.6 Å². The second-order valence-electron chi connectivity index (χ2n) is 3.23. The van der Waals surface area contributed by atoms with Crippen LogP contribution in [0.25, 0.3) is 0 Å². The Morgan fingerprint density at radius 2 is 2.21 bits per heavy atom. The van der Waals surface area contributed by atoms with Crippen molar-refractivity contribution in [2.75, 3.05) is 25.9 Å². The number of carboxylic acid groups (broad SMARTS) is 1. The molecular weight excluding hydrogens is 211 g/mol. The van der Waals surface area contributed by atoms with Crippen LogP contribution in [-0.4, -0.2) is 57.7 Å². The summed E-state index contributed by atoms with van der Waals surface area (Å²) in [6, 6.07) is -0.740. The van der Waals surface area contributed by atoms with Crippen molar-refractivity contribution in [3.8, 4) is 0 Å². The van der Waals surface area contributed by atoms with Gasteiger partial charge in [-0.15, -0.1) is 0 Å². The van der Waals surface area contributed by atoms with Crippen molar-refractivity contribution < 1.29 is 24.3 Å². The lowest BCUT2D eigenvalue weighted by atomic mass is 10.2. The summed E-state index contributed by atoms with van der Waals surface area (Å²) in [6.45, 7) is 1.01. The van der Waals surface area contributed by atoms with Crippen LogP contribution in [0.5, 0.6) is 0 Å². The SMILES string of the molecule is O=C(O)[C@H]1CN(CP(=O)(O)O)CCN1. The Labute approximate surface area is 80.9 Å². The lowest BCUT2D eigenvalue weighted by Gasteiger charge is -2.31. The molecule has 0 saturated carbocycles. The van der Waals surface area contributed by atoms with Gasteiger partial charge in [-0.25, -0.2) is 0 Å². The molecule has 1 saturated heterocycles. The summed E-state index contributed by atoms with van der Waals surface area (Å²) < 4.78 is 10.7. The summed E-state index contributed by atoms with van der Waals surface area (Å²) in [5.41, 5.74) is 0. The third-order valence-corrected chi connectivity index (χ3v) is 2.71. The number of nitrogens with one attached hydrogen (secondary N) is 1. The van der Waals surface area contributed by atoms with E-state index in [9.17, 15) is 9.36 Å². The Morgan fingerprint density at radius 1 is 1.57 bits per heavy atom. The number of hydrogen-bond donors (Lipinski definition) is 4. The van der Waals surface area contributed by atoms with Gasteiger partial charge in [0.15, 0.2) is 0 Å². The van der Waals surface area contributed by atoms with E-state index in [1.54, 1.807) is 0 Å². The summed E-state index contributed by atoms with van der Waals surface area (Å²) in [6.07, 6.45) is -0.377. The van der Waals surface area contributed by atoms with Crippen LogP contribution < -0.4 is 5.32 Å². The van der Waals surface area contributed by atoms with Gasteiger partial charge >= 0.3 is 13.6 Å². The van der Waals surface area contributed by atoms with E-state index in [0.717, 1.165) is 0 Å². The maximum absolute atomic E-state index is 10.7. The van der Waals surface area contributed by atoms with Crippen LogP contribution in [0.1, 0.15) is 0 Å². The van der Waals surface area contributed by atoms with E-state index in [1.165, 1.54) is 4.90 Å². The zero-order valence-electron chi connectivity index (χ0n) is 7.46. The molecule has 1 aliphatic rings. The van der Waals surface area contributed by atoms with E-state index in [2.05, 4.69) is 5.32 Å². The molecule has 0 aliphatic carbocycles. The van der Waals surface area contributed by atoms with Crippen LogP contribution in [0, 0.1) is 0 Å². The molecule has 0 bridgehead atoms. The fourth-order valence-electron chi connectivity index (χ4n) is 1.37. The number of piperazine rings is 1. The number of carbonyl (C=O) groups is 1. The first-order chi connectivity index (χ1) is 6.38. The fourth-order valence-corrected chi connectivity index (χ4v) is 2.14. The normalized spacial score (nSPS) is 24.9. The first-order valence-electron chi connectivity index (χ1n) is 4.11. The van der Waals surface area contributed by atoms with Gasteiger partial charge in [-0.2, -0.15) is 0 Å². The molecule has 0 aromatic rings. The van der Waals surface area contributed by atoms with Crippen LogP contribution >= 0.6 is 7.60 Å². The Bertz CT molecular complexity index is 265. The lowest BCUT2D eigenvalue weighted by molar-refractivity contribution is -0.140. The predicted molar refractivity (Wildman–Crippen MR) is 47.9 cm³/mol. The Kier molecular flexibility index (Phi) is 3.63. The van der Waals surface area contributed by atoms with Gasteiger partial charge in [0.2, 0.25) is 0 Å². The molecule has 1 aliphatic heterocycles. The van der Waals surface area contributed by atoms with Gasteiger partial charge in [-0.1, -0.05) is 0 Å². The molecule has 0 aromatic heterocycles. The largest absolute Gasteiger partial charge is 0.480 e. The van der Waals surface area contributed by atoms with Crippen molar-refractivity contribution in [2.24, 2.45) is 0 Å². The van der Waals surface area contributed by atoms with Crippen LogP contribution in [0.15, 0.2) is 0 Å². The summed E-state index contributed by atoms with van der Waals surface area (Å²) in [7, 11) is -4.09. The smallest absolute Gasteiger partial charge is 0.339 e. The van der Waals surface area contributed by atoms with Crippen LogP contribution in [0.2, 0.25) is 0 Å². The van der Waals surface area contributed by atoms with Crippen molar-refractivity contribution in [2.45, 2.75) is 6.04 Å². The quantitative estimate of drug-likeness (QED) is 0.431. The molecule has 0 unspecified atom stereocenters. The lowest BCUT2D eigenvalue weighted by Crippen LogP contribution is -2.54. The maximum atomic E-state index is 10.7. The highest BCUT2D eigenvalue weighted by atomic mass is 31.2. The zero-order chi connectivity index (χ0) is 10.8. The highest BCUT2D eigenvalue weighted by Crippen LogP contribution is 2.35. The van der Waals surface area contributed by atoms with Gasteiger partial charge in [0.05, 0.1) is 0 Å². The summed E-state index contributed by atoms with van der Waals surface area (Å²) in [4.78, 5) is 29.4. The maximum Gasteiger partial charge on any atom is 0.339 e. The molecular formula is C6H13N2O5P. The van der Waals surface area contributed by atoms with Crippen LogP contribution in [0.3, 0.4) is 0 Å². The molecule has 0 aromatic carbocycles.